The maximum Gasteiger partial charge on any atom is 0.302 e. The molecule has 0 aliphatic carbocycles. The third-order valence-electron chi connectivity index (χ3n) is 1.91. The van der Waals surface area contributed by atoms with Crippen molar-refractivity contribution in [1.82, 2.24) is 0 Å². The van der Waals surface area contributed by atoms with Gasteiger partial charge < -0.3 is 14.2 Å². The van der Waals surface area contributed by atoms with E-state index in [1.165, 1.54) is 6.92 Å². The van der Waals surface area contributed by atoms with Crippen LogP contribution in [0.2, 0.25) is 0 Å². The van der Waals surface area contributed by atoms with Gasteiger partial charge in [0.15, 0.2) is 0 Å². The third kappa shape index (κ3) is 16.1. The van der Waals surface area contributed by atoms with Crippen molar-refractivity contribution in [2.24, 2.45) is 0 Å². The van der Waals surface area contributed by atoms with E-state index < -0.39 is 0 Å². The highest BCUT2D eigenvalue weighted by atomic mass is 32.2. The smallest absolute Gasteiger partial charge is 0.302 e. The lowest BCUT2D eigenvalue weighted by atomic mass is 10.5. The summed E-state index contributed by atoms with van der Waals surface area (Å²) in [4.78, 5) is 10.5. The van der Waals surface area contributed by atoms with E-state index in [1.807, 2.05) is 11.8 Å². The van der Waals surface area contributed by atoms with Crippen LogP contribution < -0.4 is 0 Å². The first-order valence-corrected chi connectivity index (χ1v) is 8.67. The first-order chi connectivity index (χ1) is 8.77. The Morgan fingerprint density at radius 1 is 0.944 bits per heavy atom. The summed E-state index contributed by atoms with van der Waals surface area (Å²) in [6.07, 6.45) is 2.97. The molecular formula is C12H24O4S2. The number of esters is 1. The molecule has 0 spiro atoms. The molecule has 0 rings (SSSR count). The van der Waals surface area contributed by atoms with Crippen molar-refractivity contribution in [3.63, 3.8) is 0 Å². The van der Waals surface area contributed by atoms with Crippen LogP contribution in [-0.4, -0.2) is 62.5 Å². The van der Waals surface area contributed by atoms with Crippen LogP contribution in [0.1, 0.15) is 13.3 Å². The number of rotatable bonds is 13. The number of carbonyl (C=O) groups is 1. The molecule has 0 unspecified atom stereocenters. The van der Waals surface area contributed by atoms with Crippen molar-refractivity contribution in [1.29, 1.82) is 0 Å². The number of thioether (sulfide) groups is 2. The molecule has 108 valence electrons. The second-order valence-electron chi connectivity index (χ2n) is 3.52. The largest absolute Gasteiger partial charge is 0.466 e. The SMILES string of the molecule is CSCCOCCOCCSCCCOC(C)=O. The highest BCUT2D eigenvalue weighted by Crippen LogP contribution is 2.02. The molecule has 0 aromatic heterocycles. The number of hydrogen-bond donors (Lipinski definition) is 0. The fourth-order valence-electron chi connectivity index (χ4n) is 1.06. The Bertz CT molecular complexity index is 191. The summed E-state index contributed by atoms with van der Waals surface area (Å²) in [7, 11) is 0. The van der Waals surface area contributed by atoms with Crippen LogP contribution in [0.4, 0.5) is 0 Å². The van der Waals surface area contributed by atoms with E-state index in [9.17, 15) is 4.79 Å². The topological polar surface area (TPSA) is 44.8 Å². The summed E-state index contributed by atoms with van der Waals surface area (Å²) < 4.78 is 15.6. The van der Waals surface area contributed by atoms with Gasteiger partial charge in [0, 0.05) is 18.4 Å². The fourth-order valence-corrected chi connectivity index (χ4v) is 2.11. The van der Waals surface area contributed by atoms with Gasteiger partial charge in [-0.3, -0.25) is 4.79 Å². The van der Waals surface area contributed by atoms with Gasteiger partial charge in [-0.1, -0.05) is 0 Å². The lowest BCUT2D eigenvalue weighted by Crippen LogP contribution is -2.08. The summed E-state index contributed by atoms with van der Waals surface area (Å²) in [6.45, 7) is 4.86. The van der Waals surface area contributed by atoms with Gasteiger partial charge in [0.25, 0.3) is 0 Å². The van der Waals surface area contributed by atoms with Gasteiger partial charge in [-0.05, 0) is 18.4 Å². The van der Waals surface area contributed by atoms with Gasteiger partial charge in [0.2, 0.25) is 0 Å². The van der Waals surface area contributed by atoms with Gasteiger partial charge in [0.1, 0.15) is 0 Å². The zero-order valence-corrected chi connectivity index (χ0v) is 12.9. The Morgan fingerprint density at radius 3 is 2.22 bits per heavy atom. The predicted octanol–water partition coefficient (Wildman–Crippen LogP) is 2.07. The fraction of sp³-hybridized carbons (Fsp3) is 0.917. The predicted molar refractivity (Wildman–Crippen MR) is 78.6 cm³/mol. The average molecular weight is 296 g/mol. The lowest BCUT2D eigenvalue weighted by molar-refractivity contribution is -0.140. The van der Waals surface area contributed by atoms with Gasteiger partial charge >= 0.3 is 5.97 Å². The van der Waals surface area contributed by atoms with Gasteiger partial charge in [0.05, 0.1) is 33.0 Å². The molecule has 6 heteroatoms. The summed E-state index contributed by atoms with van der Waals surface area (Å²) in [5, 5.41) is 0. The van der Waals surface area contributed by atoms with Crippen LogP contribution in [-0.2, 0) is 19.0 Å². The molecule has 0 radical (unpaired) electrons. The van der Waals surface area contributed by atoms with Crippen LogP contribution in [0.15, 0.2) is 0 Å². The van der Waals surface area contributed by atoms with Gasteiger partial charge in [-0.15, -0.1) is 0 Å². The molecule has 0 aliphatic heterocycles. The van der Waals surface area contributed by atoms with E-state index in [0.717, 1.165) is 36.9 Å². The second-order valence-corrected chi connectivity index (χ2v) is 5.73. The molecule has 0 amide bonds. The lowest BCUT2D eigenvalue weighted by Gasteiger charge is -2.05. The standard InChI is InChI=1S/C12H24O4S2/c1-12(13)16-4-3-9-18-11-8-15-6-5-14-7-10-17-2/h3-11H2,1-2H3. The van der Waals surface area contributed by atoms with Crippen LogP contribution in [0, 0.1) is 0 Å². The minimum absolute atomic E-state index is 0.204. The van der Waals surface area contributed by atoms with Crippen molar-refractivity contribution in [3.05, 3.63) is 0 Å². The molecule has 0 heterocycles. The first-order valence-electron chi connectivity index (χ1n) is 6.13. The molecule has 0 saturated heterocycles. The Labute approximate surface area is 119 Å². The molecule has 0 aromatic rings. The number of ether oxygens (including phenoxy) is 3. The third-order valence-corrected chi connectivity index (χ3v) is 3.52. The average Bonchev–Trinajstić information content (AvgIpc) is 2.34. The Balaban J connectivity index is 2.92. The maximum atomic E-state index is 10.5. The molecule has 4 nitrogen and oxygen atoms in total. The van der Waals surface area contributed by atoms with Crippen LogP contribution in [0.25, 0.3) is 0 Å². The summed E-state index contributed by atoms with van der Waals surface area (Å²) in [6, 6.07) is 0. The normalized spacial score (nSPS) is 10.6. The molecule has 0 aliphatic rings. The highest BCUT2D eigenvalue weighted by Gasteiger charge is 1.94. The minimum Gasteiger partial charge on any atom is -0.466 e. The number of hydrogen-bond acceptors (Lipinski definition) is 6. The van der Waals surface area contributed by atoms with E-state index in [1.54, 1.807) is 11.8 Å². The molecule has 0 bridgehead atoms. The molecule has 18 heavy (non-hydrogen) atoms. The molecular weight excluding hydrogens is 272 g/mol. The van der Waals surface area contributed by atoms with Gasteiger partial charge in [-0.2, -0.15) is 23.5 Å². The van der Waals surface area contributed by atoms with Crippen LogP contribution in [0.3, 0.4) is 0 Å². The van der Waals surface area contributed by atoms with E-state index in [0.29, 0.717) is 19.8 Å². The highest BCUT2D eigenvalue weighted by molar-refractivity contribution is 7.99. The molecule has 0 fully saturated rings. The Kier molecular flexibility index (Phi) is 15.2. The van der Waals surface area contributed by atoms with Gasteiger partial charge in [-0.25, -0.2) is 0 Å². The quantitative estimate of drug-likeness (QED) is 0.383. The van der Waals surface area contributed by atoms with Crippen molar-refractivity contribution in [2.75, 3.05) is 56.5 Å². The van der Waals surface area contributed by atoms with Crippen LogP contribution in [0.5, 0.6) is 0 Å². The maximum absolute atomic E-state index is 10.5. The first kappa shape index (κ1) is 18.1. The van der Waals surface area contributed by atoms with Crippen molar-refractivity contribution in [2.45, 2.75) is 13.3 Å². The minimum atomic E-state index is -0.204. The monoisotopic (exact) mass is 296 g/mol. The van der Waals surface area contributed by atoms with Crippen molar-refractivity contribution < 1.29 is 19.0 Å². The van der Waals surface area contributed by atoms with E-state index >= 15 is 0 Å². The van der Waals surface area contributed by atoms with Crippen molar-refractivity contribution >= 4 is 29.5 Å². The van der Waals surface area contributed by atoms with E-state index in [-0.39, 0.29) is 5.97 Å². The summed E-state index contributed by atoms with van der Waals surface area (Å²) in [5.74, 6) is 2.81. The summed E-state index contributed by atoms with van der Waals surface area (Å²) in [5.41, 5.74) is 0. The Hall–Kier alpha value is 0.0900. The molecule has 0 aromatic carbocycles. The summed E-state index contributed by atoms with van der Waals surface area (Å²) >= 11 is 3.60. The zero-order valence-electron chi connectivity index (χ0n) is 11.3. The molecule has 0 N–H and O–H groups in total. The molecule has 0 atom stereocenters. The van der Waals surface area contributed by atoms with E-state index in [4.69, 9.17) is 14.2 Å². The molecule has 0 saturated carbocycles. The van der Waals surface area contributed by atoms with Crippen molar-refractivity contribution in [3.8, 4) is 0 Å². The zero-order chi connectivity index (χ0) is 13.5. The van der Waals surface area contributed by atoms with E-state index in [2.05, 4.69) is 6.26 Å². The number of carbonyl (C=O) groups excluding carboxylic acids is 1. The Morgan fingerprint density at radius 2 is 1.61 bits per heavy atom. The second kappa shape index (κ2) is 15.1. The van der Waals surface area contributed by atoms with Crippen LogP contribution >= 0.6 is 23.5 Å².